The second-order valence-electron chi connectivity index (χ2n) is 15.8. The molecule has 2 aliphatic rings. The molecule has 2 unspecified atom stereocenters. The molecule has 3 N–H and O–H groups in total. The molecule has 0 spiro atoms. The summed E-state index contributed by atoms with van der Waals surface area (Å²) in [5, 5.41) is 6.91. The van der Waals surface area contributed by atoms with E-state index in [1.54, 1.807) is 24.3 Å². The average molecular weight is 786 g/mol. The van der Waals surface area contributed by atoms with E-state index >= 15 is 0 Å². The fourth-order valence-corrected chi connectivity index (χ4v) is 8.67. The van der Waals surface area contributed by atoms with E-state index in [1.165, 1.54) is 12.1 Å². The lowest BCUT2D eigenvalue weighted by atomic mass is 9.72. The van der Waals surface area contributed by atoms with E-state index in [0.29, 0.717) is 40.5 Å². The maximum atomic E-state index is 15.0. The van der Waals surface area contributed by atoms with Gasteiger partial charge in [0.05, 0.1) is 16.1 Å². The van der Waals surface area contributed by atoms with E-state index in [0.717, 1.165) is 45.0 Å². The van der Waals surface area contributed by atoms with Crippen LogP contribution in [-0.2, 0) is 44.6 Å². The Balaban J connectivity index is 1.45. The minimum atomic E-state index is -4.59. The van der Waals surface area contributed by atoms with Crippen molar-refractivity contribution in [1.29, 1.82) is 0 Å². The van der Waals surface area contributed by atoms with Crippen LogP contribution < -0.4 is 10.6 Å². The third-order valence-corrected chi connectivity index (χ3v) is 12.7. The van der Waals surface area contributed by atoms with Gasteiger partial charge < -0.3 is 20.4 Å². The predicted octanol–water partition coefficient (Wildman–Crippen LogP) is 8.89. The summed E-state index contributed by atoms with van der Waals surface area (Å²) in [6.45, 7) is 10.0. The summed E-state index contributed by atoms with van der Waals surface area (Å²) in [6.07, 6.45) is -0.254. The second kappa shape index (κ2) is 18.5. The monoisotopic (exact) mass is 785 g/mol. The van der Waals surface area contributed by atoms with Crippen molar-refractivity contribution in [3.05, 3.63) is 70.7 Å². The minimum Gasteiger partial charge on any atom is -0.381 e. The summed E-state index contributed by atoms with van der Waals surface area (Å²) < 4.78 is 62.3. The largest absolute Gasteiger partial charge is 0.418 e. The molecule has 1 aromatic heterocycles. The Morgan fingerprint density at radius 3 is 2.35 bits per heavy atom. The molecule has 1 aliphatic carbocycles. The van der Waals surface area contributed by atoms with Gasteiger partial charge in [-0.05, 0) is 73.1 Å². The highest BCUT2D eigenvalue weighted by molar-refractivity contribution is 7.80. The number of para-hydroxylation sites is 1. The summed E-state index contributed by atoms with van der Waals surface area (Å²) in [6, 6.07) is 10.0. The third-order valence-electron chi connectivity index (χ3n) is 12.2. The first-order valence-electron chi connectivity index (χ1n) is 19.8. The van der Waals surface area contributed by atoms with Gasteiger partial charge in [-0.2, -0.15) is 13.2 Å². The summed E-state index contributed by atoms with van der Waals surface area (Å²) in [5.41, 5.74) is -0.886. The molecule has 1 fully saturated rings. The van der Waals surface area contributed by atoms with E-state index in [-0.39, 0.29) is 78.9 Å². The number of carbonyl (C=O) groups is 3. The number of ketones is 2. The van der Waals surface area contributed by atoms with E-state index in [4.69, 9.17) is 17.0 Å². The average Bonchev–Trinajstić information content (AvgIpc) is 3.53. The smallest absolute Gasteiger partial charge is 0.381 e. The number of aryl methyl sites for hydroxylation is 1. The predicted molar refractivity (Wildman–Crippen MR) is 210 cm³/mol. The first-order chi connectivity index (χ1) is 26.2. The first kappa shape index (κ1) is 42.5. The summed E-state index contributed by atoms with van der Waals surface area (Å²) in [5.74, 6) is -2.34. The SMILES string of the molecule is CCC(C)[C@H](CC(=O)Cc1ccccc1F)C(=O)N[C@]1(C(=O)C[C@H](C(=S)NCCC2CCOCC2)C(C)CC)CCc2[nH]c3c(C(F)(F)F)cccc3c2C1. The van der Waals surface area contributed by atoms with Gasteiger partial charge in [-0.25, -0.2) is 4.39 Å². The van der Waals surface area contributed by atoms with E-state index < -0.39 is 34.9 Å². The Kier molecular flexibility index (Phi) is 14.3. The number of carbonyl (C=O) groups excluding carboxylic acids is 3. The van der Waals surface area contributed by atoms with Crippen LogP contribution in [0.5, 0.6) is 0 Å². The van der Waals surface area contributed by atoms with Gasteiger partial charge in [-0.1, -0.05) is 83.1 Å². The molecule has 0 radical (unpaired) electrons. The van der Waals surface area contributed by atoms with Crippen LogP contribution in [0, 0.1) is 35.4 Å². The molecule has 2 aromatic carbocycles. The lowest BCUT2D eigenvalue weighted by molar-refractivity contribution is -0.137. The number of hydrogen-bond donors (Lipinski definition) is 3. The number of Topliss-reactive ketones (excluding diaryl/α,β-unsaturated/α-hetero) is 2. The minimum absolute atomic E-state index is 0.0121. The maximum absolute atomic E-state index is 15.0. The lowest BCUT2D eigenvalue weighted by Crippen LogP contribution is -2.60. The van der Waals surface area contributed by atoms with Crippen LogP contribution in [0.1, 0.15) is 101 Å². The number of halogens is 4. The molecular formula is C43H55F4N3O4S. The molecule has 3 aromatic rings. The van der Waals surface area contributed by atoms with E-state index in [1.807, 2.05) is 27.7 Å². The number of nitrogens with one attached hydrogen (secondary N) is 3. The molecular weight excluding hydrogens is 731 g/mol. The lowest BCUT2D eigenvalue weighted by Gasteiger charge is -2.40. The molecule has 5 atom stereocenters. The number of H-pyrrole nitrogens is 1. The van der Waals surface area contributed by atoms with Crippen LogP contribution in [0.15, 0.2) is 42.5 Å². The number of rotatable bonds is 17. The standard InChI is InChI=1S/C43H55F4N3O4S/c1-5-26(3)32(23-30(51)22-29-10-7-8-13-36(29)44)40(53)50-42(18-14-37-34(25-42)31-11-9-12-35(39(31)49-37)43(45,46)47)38(52)24-33(27(4)6-2)41(55)48-19-15-28-16-20-54-21-17-28/h7-13,26-28,32-33,49H,5-6,14-25H2,1-4H3,(H,48,55)(H,50,53)/t26?,27?,32-,33-,42+/m0/s1. The number of benzene rings is 2. The van der Waals surface area contributed by atoms with Gasteiger partial charge in [-0.15, -0.1) is 0 Å². The van der Waals surface area contributed by atoms with Crippen molar-refractivity contribution >= 4 is 45.6 Å². The molecule has 0 bridgehead atoms. The number of thiocarbonyl (C=S) groups is 1. The second-order valence-corrected chi connectivity index (χ2v) is 16.3. The highest BCUT2D eigenvalue weighted by Crippen LogP contribution is 2.41. The fraction of sp³-hybridized carbons (Fsp3) is 0.581. The Morgan fingerprint density at radius 2 is 1.67 bits per heavy atom. The zero-order chi connectivity index (χ0) is 39.9. The van der Waals surface area contributed by atoms with E-state index in [2.05, 4.69) is 15.6 Å². The van der Waals surface area contributed by atoms with Gasteiger partial charge in [0.25, 0.3) is 0 Å². The molecule has 5 rings (SSSR count). The quantitative estimate of drug-likeness (QED) is 0.0935. The number of ether oxygens (including phenoxy) is 1. The Hall–Kier alpha value is -3.64. The zero-order valence-corrected chi connectivity index (χ0v) is 33.2. The fourth-order valence-electron chi connectivity index (χ4n) is 8.26. The van der Waals surface area contributed by atoms with Gasteiger partial charge in [0, 0.05) is 68.4 Å². The highest BCUT2D eigenvalue weighted by Gasteiger charge is 2.47. The molecule has 300 valence electrons. The maximum Gasteiger partial charge on any atom is 0.418 e. The highest BCUT2D eigenvalue weighted by atomic mass is 32.1. The van der Waals surface area contributed by atoms with Gasteiger partial charge >= 0.3 is 6.18 Å². The summed E-state index contributed by atoms with van der Waals surface area (Å²) >= 11 is 5.94. The molecule has 1 aliphatic heterocycles. The van der Waals surface area contributed by atoms with Crippen LogP contribution in [-0.4, -0.2) is 52.7 Å². The number of aromatic nitrogens is 1. The normalized spacial score (nSPS) is 19.9. The zero-order valence-electron chi connectivity index (χ0n) is 32.4. The van der Waals surface area contributed by atoms with Crippen LogP contribution in [0.2, 0.25) is 0 Å². The van der Waals surface area contributed by atoms with Crippen molar-refractivity contribution in [1.82, 2.24) is 15.6 Å². The first-order valence-corrected chi connectivity index (χ1v) is 20.2. The third kappa shape index (κ3) is 10.2. The van der Waals surface area contributed by atoms with Gasteiger partial charge in [0.15, 0.2) is 5.78 Å². The molecule has 0 saturated carbocycles. The van der Waals surface area contributed by atoms with Crippen molar-refractivity contribution in [3.63, 3.8) is 0 Å². The van der Waals surface area contributed by atoms with Crippen LogP contribution in [0.4, 0.5) is 17.6 Å². The van der Waals surface area contributed by atoms with Gasteiger partial charge in [0.1, 0.15) is 17.1 Å². The van der Waals surface area contributed by atoms with Crippen molar-refractivity contribution in [2.45, 2.75) is 110 Å². The molecule has 1 amide bonds. The molecule has 7 nitrogen and oxygen atoms in total. The van der Waals surface area contributed by atoms with Crippen LogP contribution in [0.25, 0.3) is 10.9 Å². The van der Waals surface area contributed by atoms with Crippen molar-refractivity contribution in [3.8, 4) is 0 Å². The number of hydrogen-bond acceptors (Lipinski definition) is 5. The Morgan fingerprint density at radius 1 is 0.982 bits per heavy atom. The van der Waals surface area contributed by atoms with Crippen molar-refractivity contribution in [2.24, 2.45) is 29.6 Å². The van der Waals surface area contributed by atoms with Gasteiger partial charge in [0.2, 0.25) is 5.91 Å². The number of amides is 1. The Bertz CT molecular complexity index is 1840. The molecule has 2 heterocycles. The van der Waals surface area contributed by atoms with Crippen LogP contribution >= 0.6 is 12.2 Å². The van der Waals surface area contributed by atoms with Crippen molar-refractivity contribution < 1.29 is 36.7 Å². The summed E-state index contributed by atoms with van der Waals surface area (Å²) in [7, 11) is 0. The molecule has 12 heteroatoms. The summed E-state index contributed by atoms with van der Waals surface area (Å²) in [4.78, 5) is 46.4. The van der Waals surface area contributed by atoms with Crippen LogP contribution in [0.3, 0.4) is 0 Å². The van der Waals surface area contributed by atoms with Gasteiger partial charge in [-0.3, -0.25) is 14.4 Å². The van der Waals surface area contributed by atoms with Crippen molar-refractivity contribution in [2.75, 3.05) is 19.8 Å². The number of fused-ring (bicyclic) bond motifs is 3. The van der Waals surface area contributed by atoms with E-state index in [9.17, 15) is 31.9 Å². The topological polar surface area (TPSA) is 100 Å². The molecule has 55 heavy (non-hydrogen) atoms. The number of alkyl halides is 3. The number of aromatic amines is 1. The molecule has 1 saturated heterocycles. The Labute approximate surface area is 327 Å².